The van der Waals surface area contributed by atoms with E-state index in [0.29, 0.717) is 6.61 Å². The summed E-state index contributed by atoms with van der Waals surface area (Å²) in [7, 11) is 0. The Labute approximate surface area is 266 Å². The monoisotopic (exact) mass is 593 g/mol. The zero-order valence-electron chi connectivity index (χ0n) is 29.6. The molecule has 0 radical (unpaired) electrons. The Morgan fingerprint density at radius 2 is 0.643 bits per heavy atom. The topological polar surface area (TPSA) is 26.3 Å². The summed E-state index contributed by atoms with van der Waals surface area (Å²) >= 11 is 0. The highest BCUT2D eigenvalue weighted by atomic mass is 16.5. The van der Waals surface area contributed by atoms with Crippen LogP contribution in [0.3, 0.4) is 0 Å². The number of hydrogen-bond acceptors (Lipinski definition) is 2. The molecule has 0 bridgehead atoms. The quantitative estimate of drug-likeness (QED) is 0.0534. The van der Waals surface area contributed by atoms with Crippen molar-refractivity contribution < 1.29 is 9.53 Å². The number of carbonyl (C=O) groups excluding carboxylic acids is 1. The summed E-state index contributed by atoms with van der Waals surface area (Å²) < 4.78 is 5.65. The van der Waals surface area contributed by atoms with Gasteiger partial charge in [-0.3, -0.25) is 4.79 Å². The Morgan fingerprint density at radius 1 is 0.381 bits per heavy atom. The van der Waals surface area contributed by atoms with Gasteiger partial charge in [0, 0.05) is 0 Å². The summed E-state index contributed by atoms with van der Waals surface area (Å²) in [5.41, 5.74) is 0. The molecule has 0 saturated heterocycles. The van der Waals surface area contributed by atoms with Crippen molar-refractivity contribution in [2.75, 3.05) is 6.61 Å². The summed E-state index contributed by atoms with van der Waals surface area (Å²) in [6, 6.07) is 0. The maximum absolute atomic E-state index is 12.5. The number of esters is 1. The van der Waals surface area contributed by atoms with Crippen LogP contribution in [0.2, 0.25) is 0 Å². The number of carbonyl (C=O) groups is 1. The molecular formula is C40H80O2. The summed E-state index contributed by atoms with van der Waals surface area (Å²) in [5, 5.41) is 0. The van der Waals surface area contributed by atoms with E-state index in [4.69, 9.17) is 4.74 Å². The lowest BCUT2D eigenvalue weighted by molar-refractivity contribution is -0.149. The summed E-state index contributed by atoms with van der Waals surface area (Å²) in [4.78, 5) is 12.5. The van der Waals surface area contributed by atoms with Crippen LogP contribution in [-0.2, 0) is 9.53 Å². The minimum Gasteiger partial charge on any atom is -0.465 e. The number of hydrogen-bond donors (Lipinski definition) is 0. The molecule has 0 N–H and O–H groups in total. The van der Waals surface area contributed by atoms with Crippen LogP contribution in [0.5, 0.6) is 0 Å². The lowest BCUT2D eigenvalue weighted by Gasteiger charge is -2.14. The van der Waals surface area contributed by atoms with E-state index in [1.165, 1.54) is 199 Å². The van der Waals surface area contributed by atoms with Crippen LogP contribution < -0.4 is 0 Å². The smallest absolute Gasteiger partial charge is 0.308 e. The molecule has 0 aliphatic carbocycles. The van der Waals surface area contributed by atoms with Crippen molar-refractivity contribution >= 4 is 5.97 Å². The first-order valence-corrected chi connectivity index (χ1v) is 19.9. The summed E-state index contributed by atoms with van der Waals surface area (Å²) in [6.07, 6.45) is 46.3. The molecule has 0 rings (SSSR count). The predicted octanol–water partition coefficient (Wildman–Crippen LogP) is 14.5. The molecule has 0 spiro atoms. The van der Waals surface area contributed by atoms with Crippen LogP contribution in [0.15, 0.2) is 0 Å². The number of ether oxygens (including phenoxy) is 1. The van der Waals surface area contributed by atoms with Crippen molar-refractivity contribution in [2.45, 2.75) is 239 Å². The molecule has 42 heavy (non-hydrogen) atoms. The van der Waals surface area contributed by atoms with Gasteiger partial charge in [0.05, 0.1) is 12.5 Å². The van der Waals surface area contributed by atoms with Crippen LogP contribution in [-0.4, -0.2) is 12.6 Å². The molecule has 0 aliphatic heterocycles. The van der Waals surface area contributed by atoms with Crippen molar-refractivity contribution in [3.8, 4) is 0 Å². The average molecular weight is 593 g/mol. The fraction of sp³-hybridized carbons (Fsp3) is 0.975. The molecule has 0 saturated carbocycles. The van der Waals surface area contributed by atoms with Gasteiger partial charge in [-0.05, 0) is 19.3 Å². The molecule has 0 aromatic carbocycles. The van der Waals surface area contributed by atoms with E-state index in [1.54, 1.807) is 0 Å². The second-order valence-corrected chi connectivity index (χ2v) is 13.7. The van der Waals surface area contributed by atoms with E-state index in [1.807, 2.05) is 0 Å². The number of unbranched alkanes of at least 4 members (excludes halogenated alkanes) is 30. The highest BCUT2D eigenvalue weighted by Gasteiger charge is 2.17. The van der Waals surface area contributed by atoms with Gasteiger partial charge in [-0.15, -0.1) is 0 Å². The molecule has 2 heteroatoms. The minimum atomic E-state index is 0.0689. The molecule has 0 fully saturated rings. The van der Waals surface area contributed by atoms with Gasteiger partial charge in [-0.2, -0.15) is 0 Å². The van der Waals surface area contributed by atoms with E-state index < -0.39 is 0 Å². The molecule has 2 nitrogen and oxygen atoms in total. The Morgan fingerprint density at radius 3 is 0.929 bits per heavy atom. The third-order valence-electron chi connectivity index (χ3n) is 9.47. The van der Waals surface area contributed by atoms with Crippen molar-refractivity contribution in [3.63, 3.8) is 0 Å². The fourth-order valence-electron chi connectivity index (χ4n) is 6.37. The zero-order valence-corrected chi connectivity index (χ0v) is 29.6. The van der Waals surface area contributed by atoms with Gasteiger partial charge in [0.2, 0.25) is 0 Å². The Bertz CT molecular complexity index is 502. The second-order valence-electron chi connectivity index (χ2n) is 13.7. The van der Waals surface area contributed by atoms with Gasteiger partial charge in [-0.1, -0.05) is 220 Å². The van der Waals surface area contributed by atoms with E-state index in [-0.39, 0.29) is 11.9 Å². The zero-order chi connectivity index (χ0) is 30.6. The standard InChI is InChI=1S/C40H80O2/c1-4-7-9-11-13-15-17-19-21-23-25-27-29-31-33-35-37-39(6-3)40(41)42-38-36-34-32-30-28-26-24-22-20-18-16-14-12-10-8-5-2/h39H,4-38H2,1-3H3. The van der Waals surface area contributed by atoms with Crippen LogP contribution in [0.4, 0.5) is 0 Å². The molecule has 0 heterocycles. The molecule has 1 atom stereocenters. The molecule has 0 aromatic rings. The van der Waals surface area contributed by atoms with Gasteiger partial charge in [0.15, 0.2) is 0 Å². The average Bonchev–Trinajstić information content (AvgIpc) is 3.00. The third-order valence-corrected chi connectivity index (χ3v) is 9.47. The first-order chi connectivity index (χ1) is 20.8. The summed E-state index contributed by atoms with van der Waals surface area (Å²) in [5.74, 6) is 0.192. The van der Waals surface area contributed by atoms with Gasteiger partial charge < -0.3 is 4.74 Å². The van der Waals surface area contributed by atoms with Crippen LogP contribution in [0, 0.1) is 5.92 Å². The third kappa shape index (κ3) is 32.4. The van der Waals surface area contributed by atoms with Gasteiger partial charge >= 0.3 is 5.97 Å². The summed E-state index contributed by atoms with van der Waals surface area (Å²) in [6.45, 7) is 7.37. The van der Waals surface area contributed by atoms with Crippen molar-refractivity contribution in [2.24, 2.45) is 5.92 Å². The van der Waals surface area contributed by atoms with E-state index in [2.05, 4.69) is 20.8 Å². The van der Waals surface area contributed by atoms with Crippen LogP contribution in [0.1, 0.15) is 239 Å². The van der Waals surface area contributed by atoms with Crippen molar-refractivity contribution in [3.05, 3.63) is 0 Å². The Kier molecular flexibility index (Phi) is 36.2. The van der Waals surface area contributed by atoms with Gasteiger partial charge in [0.1, 0.15) is 0 Å². The molecule has 0 aliphatic rings. The fourth-order valence-corrected chi connectivity index (χ4v) is 6.37. The predicted molar refractivity (Wildman–Crippen MR) is 188 cm³/mol. The molecule has 1 unspecified atom stereocenters. The van der Waals surface area contributed by atoms with Crippen molar-refractivity contribution in [1.82, 2.24) is 0 Å². The largest absolute Gasteiger partial charge is 0.465 e. The SMILES string of the molecule is CCCCCCCCCCCCCCCCCCOC(=O)C(CC)CCCCCCCCCCCCCCCCCC. The Hall–Kier alpha value is -0.530. The Balaban J connectivity index is 3.37. The van der Waals surface area contributed by atoms with Gasteiger partial charge in [-0.25, -0.2) is 0 Å². The second kappa shape index (κ2) is 36.7. The maximum atomic E-state index is 12.5. The first-order valence-electron chi connectivity index (χ1n) is 19.9. The van der Waals surface area contributed by atoms with E-state index >= 15 is 0 Å². The van der Waals surface area contributed by atoms with Crippen LogP contribution >= 0.6 is 0 Å². The molecular weight excluding hydrogens is 512 g/mol. The maximum Gasteiger partial charge on any atom is 0.308 e. The lowest BCUT2D eigenvalue weighted by atomic mass is 9.97. The molecule has 0 amide bonds. The van der Waals surface area contributed by atoms with Crippen LogP contribution in [0.25, 0.3) is 0 Å². The number of rotatable bonds is 36. The lowest BCUT2D eigenvalue weighted by Crippen LogP contribution is -2.17. The first kappa shape index (κ1) is 41.5. The highest BCUT2D eigenvalue weighted by molar-refractivity contribution is 5.72. The van der Waals surface area contributed by atoms with Crippen molar-refractivity contribution in [1.29, 1.82) is 0 Å². The van der Waals surface area contributed by atoms with E-state index in [0.717, 1.165) is 19.3 Å². The minimum absolute atomic E-state index is 0.0689. The normalized spacial score (nSPS) is 12.2. The molecule has 252 valence electrons. The highest BCUT2D eigenvalue weighted by Crippen LogP contribution is 2.19. The van der Waals surface area contributed by atoms with Gasteiger partial charge in [0.25, 0.3) is 0 Å². The van der Waals surface area contributed by atoms with E-state index in [9.17, 15) is 4.79 Å². The molecule has 0 aromatic heterocycles.